The van der Waals surface area contributed by atoms with Gasteiger partial charge in [-0.05, 0) is 43.3 Å². The first-order chi connectivity index (χ1) is 11.4. The molecule has 0 aliphatic rings. The Labute approximate surface area is 141 Å². The molecule has 4 nitrogen and oxygen atoms in total. The number of rotatable bonds is 6. The fraction of sp³-hybridized carbons (Fsp3) is 0.235. The van der Waals surface area contributed by atoms with E-state index >= 15 is 0 Å². The highest BCUT2D eigenvalue weighted by Crippen LogP contribution is 2.17. The number of amides is 1. The molecule has 2 atom stereocenters. The summed E-state index contributed by atoms with van der Waals surface area (Å²) in [5, 5.41) is 2.71. The molecule has 2 aromatic rings. The lowest BCUT2D eigenvalue weighted by molar-refractivity contribution is 0.0926. The van der Waals surface area contributed by atoms with Crippen LogP contribution in [0.25, 0.3) is 0 Å². The van der Waals surface area contributed by atoms with E-state index in [2.05, 4.69) is 5.32 Å². The Hall–Kier alpha value is -2.28. The van der Waals surface area contributed by atoms with E-state index in [4.69, 9.17) is 4.74 Å². The maximum Gasteiger partial charge on any atom is 0.251 e. The topological polar surface area (TPSA) is 55.4 Å². The van der Waals surface area contributed by atoms with Gasteiger partial charge in [-0.3, -0.25) is 9.00 Å². The minimum Gasteiger partial charge on any atom is -0.488 e. The molecule has 24 heavy (non-hydrogen) atoms. The van der Waals surface area contributed by atoms with Crippen molar-refractivity contribution in [1.29, 1.82) is 0 Å². The maximum atomic E-state index is 13.5. The molecule has 0 saturated heterocycles. The molecular formula is C17H17F2NO3S. The summed E-state index contributed by atoms with van der Waals surface area (Å²) in [7, 11) is -1.10. The molecule has 2 rings (SSSR count). The van der Waals surface area contributed by atoms with Crippen molar-refractivity contribution in [2.24, 2.45) is 0 Å². The van der Waals surface area contributed by atoms with E-state index in [9.17, 15) is 17.8 Å². The molecule has 0 aromatic heterocycles. The molecule has 0 radical (unpaired) electrons. The molecule has 128 valence electrons. The molecule has 0 fully saturated rings. The summed E-state index contributed by atoms with van der Waals surface area (Å²) >= 11 is 0. The van der Waals surface area contributed by atoms with Crippen LogP contribution in [-0.4, -0.2) is 29.0 Å². The molecule has 0 aliphatic heterocycles. The van der Waals surface area contributed by atoms with E-state index in [1.165, 1.54) is 6.07 Å². The molecule has 1 amide bonds. The van der Waals surface area contributed by atoms with Gasteiger partial charge in [0.15, 0.2) is 11.6 Å². The summed E-state index contributed by atoms with van der Waals surface area (Å²) in [5.74, 6) is -1.87. The lowest BCUT2D eigenvalue weighted by atomic mass is 10.2. The van der Waals surface area contributed by atoms with Crippen LogP contribution >= 0.6 is 0 Å². The average Bonchev–Trinajstić information content (AvgIpc) is 2.54. The zero-order chi connectivity index (χ0) is 17.7. The summed E-state index contributed by atoms with van der Waals surface area (Å²) < 4.78 is 42.8. The minimum atomic E-state index is -1.10. The summed E-state index contributed by atoms with van der Waals surface area (Å²) in [5.41, 5.74) is 0.420. The smallest absolute Gasteiger partial charge is 0.251 e. The van der Waals surface area contributed by atoms with Gasteiger partial charge in [0.25, 0.3) is 5.91 Å². The van der Waals surface area contributed by atoms with Gasteiger partial charge in [0, 0.05) is 33.6 Å². The van der Waals surface area contributed by atoms with Crippen molar-refractivity contribution in [2.75, 3.05) is 12.9 Å². The highest BCUT2D eigenvalue weighted by atomic mass is 32.2. The van der Waals surface area contributed by atoms with Gasteiger partial charge in [-0.2, -0.15) is 0 Å². The highest BCUT2D eigenvalue weighted by molar-refractivity contribution is 7.84. The number of hydrogen-bond acceptors (Lipinski definition) is 3. The predicted octanol–water partition coefficient (Wildman–Crippen LogP) is 2.90. The van der Waals surface area contributed by atoms with Crippen molar-refractivity contribution in [3.63, 3.8) is 0 Å². The Morgan fingerprint density at radius 2 is 1.88 bits per heavy atom. The van der Waals surface area contributed by atoms with Gasteiger partial charge in [0.05, 0.1) is 6.04 Å². The second-order valence-electron chi connectivity index (χ2n) is 5.24. The standard InChI is InChI=1S/C17H17F2NO3S/c1-11(10-23-16-8-5-13(18)9-15(16)19)20-17(21)12-3-6-14(7-4-12)24(2)22/h3-9,11H,10H2,1-2H3,(H,20,21). The van der Waals surface area contributed by atoms with Gasteiger partial charge in [0.2, 0.25) is 0 Å². The lowest BCUT2D eigenvalue weighted by Gasteiger charge is -2.15. The largest absolute Gasteiger partial charge is 0.488 e. The molecule has 7 heteroatoms. The van der Waals surface area contributed by atoms with Gasteiger partial charge in [-0.1, -0.05) is 0 Å². The maximum absolute atomic E-state index is 13.5. The van der Waals surface area contributed by atoms with Crippen molar-refractivity contribution in [3.8, 4) is 5.75 Å². The van der Waals surface area contributed by atoms with Crippen LogP contribution in [0, 0.1) is 11.6 Å². The third kappa shape index (κ3) is 4.86. The zero-order valence-corrected chi connectivity index (χ0v) is 14.0. The van der Waals surface area contributed by atoms with E-state index in [0.29, 0.717) is 10.5 Å². The van der Waals surface area contributed by atoms with Crippen LogP contribution in [0.2, 0.25) is 0 Å². The third-order valence-corrected chi connectivity index (χ3v) is 4.14. The van der Waals surface area contributed by atoms with Crippen LogP contribution in [0.5, 0.6) is 5.75 Å². The average molecular weight is 353 g/mol. The summed E-state index contributed by atoms with van der Waals surface area (Å²) in [6.07, 6.45) is 1.56. The first-order valence-electron chi connectivity index (χ1n) is 7.19. The number of hydrogen-bond donors (Lipinski definition) is 1. The zero-order valence-electron chi connectivity index (χ0n) is 13.2. The van der Waals surface area contributed by atoms with Crippen molar-refractivity contribution in [3.05, 3.63) is 59.7 Å². The minimum absolute atomic E-state index is 0.0331. The SMILES string of the molecule is CC(COc1ccc(F)cc1F)NC(=O)c1ccc(S(C)=O)cc1. The fourth-order valence-corrected chi connectivity index (χ4v) is 2.47. The number of carbonyl (C=O) groups is 1. The van der Waals surface area contributed by atoms with Gasteiger partial charge in [-0.25, -0.2) is 8.78 Å². The number of nitrogens with one attached hydrogen (secondary N) is 1. The number of ether oxygens (including phenoxy) is 1. The van der Waals surface area contributed by atoms with Crippen molar-refractivity contribution in [1.82, 2.24) is 5.32 Å². The van der Waals surface area contributed by atoms with Gasteiger partial charge >= 0.3 is 0 Å². The molecule has 1 N–H and O–H groups in total. The highest BCUT2D eigenvalue weighted by Gasteiger charge is 2.12. The molecule has 0 bridgehead atoms. The van der Waals surface area contributed by atoms with E-state index in [1.54, 1.807) is 37.4 Å². The van der Waals surface area contributed by atoms with Crippen molar-refractivity contribution in [2.45, 2.75) is 17.9 Å². The lowest BCUT2D eigenvalue weighted by Crippen LogP contribution is -2.36. The molecular weight excluding hydrogens is 336 g/mol. The van der Waals surface area contributed by atoms with Crippen LogP contribution in [0.4, 0.5) is 8.78 Å². The molecule has 0 aliphatic carbocycles. The predicted molar refractivity (Wildman–Crippen MR) is 87.6 cm³/mol. The van der Waals surface area contributed by atoms with E-state index in [0.717, 1.165) is 12.1 Å². The number of halogens is 2. The normalized spacial score (nSPS) is 13.2. The van der Waals surface area contributed by atoms with E-state index in [-0.39, 0.29) is 24.3 Å². The molecule has 0 saturated carbocycles. The molecule has 2 unspecified atom stereocenters. The molecule has 0 heterocycles. The monoisotopic (exact) mass is 353 g/mol. The fourth-order valence-electron chi connectivity index (χ4n) is 1.95. The summed E-state index contributed by atoms with van der Waals surface area (Å²) in [4.78, 5) is 12.7. The Balaban J connectivity index is 1.90. The Kier molecular flexibility index (Phi) is 6.03. The van der Waals surface area contributed by atoms with E-state index in [1.807, 2.05) is 0 Å². The number of benzene rings is 2. The quantitative estimate of drug-likeness (QED) is 0.869. The van der Waals surface area contributed by atoms with Crippen LogP contribution in [0.15, 0.2) is 47.4 Å². The van der Waals surface area contributed by atoms with E-state index < -0.39 is 22.4 Å². The van der Waals surface area contributed by atoms with Crippen molar-refractivity contribution < 1.29 is 22.5 Å². The first kappa shape index (κ1) is 18.1. The summed E-state index contributed by atoms with van der Waals surface area (Å²) in [6.45, 7) is 1.74. The number of carbonyl (C=O) groups excluding carboxylic acids is 1. The first-order valence-corrected chi connectivity index (χ1v) is 8.75. The van der Waals surface area contributed by atoms with Gasteiger partial charge in [0.1, 0.15) is 12.4 Å². The second kappa shape index (κ2) is 8.01. The van der Waals surface area contributed by atoms with Gasteiger partial charge in [-0.15, -0.1) is 0 Å². The molecule has 0 spiro atoms. The van der Waals surface area contributed by atoms with Crippen LogP contribution < -0.4 is 10.1 Å². The molecule has 2 aromatic carbocycles. The summed E-state index contributed by atoms with van der Waals surface area (Å²) in [6, 6.07) is 9.06. The Morgan fingerprint density at radius 1 is 1.21 bits per heavy atom. The van der Waals surface area contributed by atoms with Crippen LogP contribution in [0.1, 0.15) is 17.3 Å². The Morgan fingerprint density at radius 3 is 2.46 bits per heavy atom. The van der Waals surface area contributed by atoms with Crippen molar-refractivity contribution >= 4 is 16.7 Å². The Bertz CT molecular complexity index is 750. The van der Waals surface area contributed by atoms with Crippen LogP contribution in [0.3, 0.4) is 0 Å². The van der Waals surface area contributed by atoms with Crippen LogP contribution in [-0.2, 0) is 10.8 Å². The second-order valence-corrected chi connectivity index (χ2v) is 6.62. The third-order valence-electron chi connectivity index (χ3n) is 3.21. The van der Waals surface area contributed by atoms with Gasteiger partial charge < -0.3 is 10.1 Å².